The minimum atomic E-state index is -1.06. The van der Waals surface area contributed by atoms with Gasteiger partial charge in [0.2, 0.25) is 0 Å². The molecule has 0 spiro atoms. The molecule has 0 saturated heterocycles. The van der Waals surface area contributed by atoms with Crippen molar-refractivity contribution >= 4 is 17.7 Å². The van der Waals surface area contributed by atoms with Crippen molar-refractivity contribution in [3.05, 3.63) is 59.5 Å². The Bertz CT molecular complexity index is 1020. The molecule has 4 rings (SSSR count). The Labute approximate surface area is 201 Å². The number of hydrogen-bond acceptors (Lipinski definition) is 4. The largest absolute Gasteiger partial charge is 0.467 e. The summed E-state index contributed by atoms with van der Waals surface area (Å²) >= 11 is 0. The van der Waals surface area contributed by atoms with Gasteiger partial charge >= 0.3 is 11.8 Å². The van der Waals surface area contributed by atoms with Crippen LogP contribution in [-0.4, -0.2) is 34.2 Å². The fraction of sp³-hybridized carbons (Fsp3) is 0.519. The van der Waals surface area contributed by atoms with Crippen LogP contribution in [0.3, 0.4) is 0 Å². The van der Waals surface area contributed by atoms with E-state index in [-0.39, 0.29) is 11.9 Å². The molecule has 0 aliphatic heterocycles. The van der Waals surface area contributed by atoms with Gasteiger partial charge in [-0.05, 0) is 76.1 Å². The molecule has 2 N–H and O–H groups in total. The monoisotopic (exact) mass is 465 g/mol. The zero-order valence-electron chi connectivity index (χ0n) is 20.3. The molecule has 7 heteroatoms. The SMILES string of the molecule is CC(C)(C)NC(=O)[C@H](c1ccco1)N(C(=O)C(=O)NC1CCCC1)[C@H]1CCCc2ccccc21. The summed E-state index contributed by atoms with van der Waals surface area (Å²) in [6, 6.07) is 9.89. The molecule has 2 aromatic rings. The zero-order chi connectivity index (χ0) is 24.3. The fourth-order valence-corrected chi connectivity index (χ4v) is 5.17. The summed E-state index contributed by atoms with van der Waals surface area (Å²) in [7, 11) is 0. The molecule has 1 heterocycles. The maximum Gasteiger partial charge on any atom is 0.313 e. The van der Waals surface area contributed by atoms with Gasteiger partial charge in [0.15, 0.2) is 6.04 Å². The smallest absolute Gasteiger partial charge is 0.313 e. The van der Waals surface area contributed by atoms with Crippen LogP contribution in [0.25, 0.3) is 0 Å². The average Bonchev–Trinajstić information content (AvgIpc) is 3.50. The molecule has 1 fully saturated rings. The molecule has 0 radical (unpaired) electrons. The maximum absolute atomic E-state index is 13.8. The number of fused-ring (bicyclic) bond motifs is 1. The van der Waals surface area contributed by atoms with E-state index in [0.717, 1.165) is 49.7 Å². The number of aryl methyl sites for hydroxylation is 1. The second-order valence-corrected chi connectivity index (χ2v) is 10.4. The van der Waals surface area contributed by atoms with Crippen LogP contribution in [0.4, 0.5) is 0 Å². The Morgan fingerprint density at radius 3 is 2.41 bits per heavy atom. The van der Waals surface area contributed by atoms with Crippen LogP contribution in [0, 0.1) is 0 Å². The number of nitrogens with zero attached hydrogens (tertiary/aromatic N) is 1. The second-order valence-electron chi connectivity index (χ2n) is 10.4. The van der Waals surface area contributed by atoms with Gasteiger partial charge in [0.1, 0.15) is 5.76 Å². The molecule has 0 bridgehead atoms. The lowest BCUT2D eigenvalue weighted by Gasteiger charge is -2.40. The quantitative estimate of drug-likeness (QED) is 0.648. The molecule has 2 aliphatic rings. The van der Waals surface area contributed by atoms with Crippen molar-refractivity contribution in [1.82, 2.24) is 15.5 Å². The van der Waals surface area contributed by atoms with E-state index in [0.29, 0.717) is 12.2 Å². The third-order valence-electron chi connectivity index (χ3n) is 6.63. The Morgan fingerprint density at radius 1 is 1.00 bits per heavy atom. The summed E-state index contributed by atoms with van der Waals surface area (Å²) in [5, 5.41) is 5.91. The van der Waals surface area contributed by atoms with Gasteiger partial charge in [-0.2, -0.15) is 0 Å². The fourth-order valence-electron chi connectivity index (χ4n) is 5.17. The summed E-state index contributed by atoms with van der Waals surface area (Å²) in [5.41, 5.74) is 1.60. The van der Waals surface area contributed by atoms with Crippen molar-refractivity contribution in [2.75, 3.05) is 0 Å². The molecular formula is C27H35N3O4. The molecule has 1 saturated carbocycles. The van der Waals surface area contributed by atoms with Crippen molar-refractivity contribution in [3.8, 4) is 0 Å². The zero-order valence-corrected chi connectivity index (χ0v) is 20.3. The molecule has 2 aliphatic carbocycles. The highest BCUT2D eigenvalue weighted by molar-refractivity contribution is 6.35. The third kappa shape index (κ3) is 5.34. The highest BCUT2D eigenvalue weighted by Crippen LogP contribution is 2.39. The van der Waals surface area contributed by atoms with Gasteiger partial charge in [-0.15, -0.1) is 0 Å². The predicted octanol–water partition coefficient (Wildman–Crippen LogP) is 4.20. The van der Waals surface area contributed by atoms with Gasteiger partial charge in [-0.3, -0.25) is 14.4 Å². The van der Waals surface area contributed by atoms with E-state index in [4.69, 9.17) is 4.42 Å². The number of benzene rings is 1. The van der Waals surface area contributed by atoms with Crippen LogP contribution < -0.4 is 10.6 Å². The summed E-state index contributed by atoms with van der Waals surface area (Å²) in [6.07, 6.45) is 7.75. The highest BCUT2D eigenvalue weighted by Gasteiger charge is 2.43. The minimum Gasteiger partial charge on any atom is -0.467 e. The van der Waals surface area contributed by atoms with E-state index in [9.17, 15) is 14.4 Å². The van der Waals surface area contributed by atoms with Gasteiger partial charge in [-0.1, -0.05) is 37.1 Å². The molecule has 34 heavy (non-hydrogen) atoms. The number of furan rings is 1. The second kappa shape index (κ2) is 10.0. The van der Waals surface area contributed by atoms with Crippen molar-refractivity contribution in [3.63, 3.8) is 0 Å². The first-order valence-electron chi connectivity index (χ1n) is 12.3. The predicted molar refractivity (Wildman–Crippen MR) is 129 cm³/mol. The molecule has 182 valence electrons. The van der Waals surface area contributed by atoms with E-state index in [1.54, 1.807) is 12.1 Å². The number of carbonyl (C=O) groups is 3. The maximum atomic E-state index is 13.8. The van der Waals surface area contributed by atoms with Crippen LogP contribution in [-0.2, 0) is 20.8 Å². The molecular weight excluding hydrogens is 430 g/mol. The number of amides is 3. The minimum absolute atomic E-state index is 0.00223. The number of hydrogen-bond donors (Lipinski definition) is 2. The lowest BCUT2D eigenvalue weighted by atomic mass is 9.85. The van der Waals surface area contributed by atoms with Crippen LogP contribution in [0.5, 0.6) is 0 Å². The lowest BCUT2D eigenvalue weighted by molar-refractivity contribution is -0.153. The van der Waals surface area contributed by atoms with Crippen LogP contribution in [0.2, 0.25) is 0 Å². The topological polar surface area (TPSA) is 91.7 Å². The molecule has 1 aromatic heterocycles. The lowest BCUT2D eigenvalue weighted by Crippen LogP contribution is -2.54. The van der Waals surface area contributed by atoms with E-state index in [2.05, 4.69) is 16.7 Å². The average molecular weight is 466 g/mol. The van der Waals surface area contributed by atoms with Gasteiger partial charge < -0.3 is 20.0 Å². The molecule has 1 aromatic carbocycles. The summed E-state index contributed by atoms with van der Waals surface area (Å²) in [4.78, 5) is 42.1. The van der Waals surface area contributed by atoms with E-state index in [1.807, 2.05) is 39.0 Å². The number of carbonyl (C=O) groups excluding carboxylic acids is 3. The van der Waals surface area contributed by atoms with Crippen LogP contribution in [0.15, 0.2) is 47.1 Å². The first-order valence-corrected chi connectivity index (χ1v) is 12.3. The van der Waals surface area contributed by atoms with E-state index >= 15 is 0 Å². The Hall–Kier alpha value is -3.09. The highest BCUT2D eigenvalue weighted by atomic mass is 16.3. The molecule has 2 atom stereocenters. The van der Waals surface area contributed by atoms with E-state index < -0.39 is 29.4 Å². The first kappa shape index (κ1) is 24.0. The van der Waals surface area contributed by atoms with Gasteiger partial charge in [0.05, 0.1) is 12.3 Å². The summed E-state index contributed by atoms with van der Waals surface area (Å²) in [6.45, 7) is 5.66. The van der Waals surface area contributed by atoms with Crippen molar-refractivity contribution in [1.29, 1.82) is 0 Å². The van der Waals surface area contributed by atoms with Crippen molar-refractivity contribution < 1.29 is 18.8 Å². The summed E-state index contributed by atoms with van der Waals surface area (Å²) in [5.74, 6) is -1.38. The molecule has 3 amide bonds. The number of nitrogens with one attached hydrogen (secondary N) is 2. The van der Waals surface area contributed by atoms with Gasteiger partial charge in [0, 0.05) is 11.6 Å². The number of rotatable bonds is 5. The van der Waals surface area contributed by atoms with Gasteiger partial charge in [0.25, 0.3) is 5.91 Å². The Kier molecular flexibility index (Phi) is 7.10. The Balaban J connectivity index is 1.76. The van der Waals surface area contributed by atoms with Crippen molar-refractivity contribution in [2.24, 2.45) is 0 Å². The standard InChI is InChI=1S/C27H35N3O4/c1-27(2,3)29-24(31)23(22-16-9-17-34-22)30(26(33)25(32)28-19-12-5-6-13-19)21-15-8-11-18-10-4-7-14-20(18)21/h4,7,9-10,14,16-17,19,21,23H,5-6,8,11-13,15H2,1-3H3,(H,28,32)(H,29,31)/t21-,23-/m0/s1. The van der Waals surface area contributed by atoms with Crippen LogP contribution in [0.1, 0.15) is 88.3 Å². The van der Waals surface area contributed by atoms with Gasteiger partial charge in [-0.25, -0.2) is 0 Å². The molecule has 0 unspecified atom stereocenters. The third-order valence-corrected chi connectivity index (χ3v) is 6.63. The summed E-state index contributed by atoms with van der Waals surface area (Å²) < 4.78 is 5.67. The van der Waals surface area contributed by atoms with E-state index in [1.165, 1.54) is 11.2 Å². The Morgan fingerprint density at radius 2 is 1.74 bits per heavy atom. The van der Waals surface area contributed by atoms with Crippen LogP contribution >= 0.6 is 0 Å². The van der Waals surface area contributed by atoms with Crippen molar-refractivity contribution in [2.45, 2.75) is 89.4 Å². The first-order chi connectivity index (χ1) is 16.2. The normalized spacial score (nSPS) is 19.2. The molecule has 7 nitrogen and oxygen atoms in total.